The number of rotatable bonds is 5. The first-order chi connectivity index (χ1) is 14.7. The van der Waals surface area contributed by atoms with Gasteiger partial charge in [0.2, 0.25) is 10.0 Å². The van der Waals surface area contributed by atoms with E-state index in [9.17, 15) is 28.6 Å². The normalized spacial score (nSPS) is 16.9. The van der Waals surface area contributed by atoms with Crippen LogP contribution in [0.4, 0.5) is 17.2 Å². The van der Waals surface area contributed by atoms with E-state index in [2.05, 4.69) is 10.2 Å². The Labute approximate surface area is 177 Å². The molecular weight excluding hydrogens is 428 g/mol. The molecule has 1 aromatic heterocycles. The third-order valence-electron chi connectivity index (χ3n) is 5.73. The fourth-order valence-corrected chi connectivity index (χ4v) is 5.43. The van der Waals surface area contributed by atoms with Gasteiger partial charge in [0.1, 0.15) is 5.56 Å². The Morgan fingerprint density at radius 3 is 2.13 bits per heavy atom. The van der Waals surface area contributed by atoms with E-state index in [0.29, 0.717) is 18.9 Å². The Kier molecular flexibility index (Phi) is 5.31. The molecule has 0 saturated carbocycles. The topological polar surface area (TPSA) is 153 Å². The number of piperazine rings is 1. The van der Waals surface area contributed by atoms with Gasteiger partial charge in [0.05, 0.1) is 20.4 Å². The van der Waals surface area contributed by atoms with Crippen molar-refractivity contribution in [3.05, 3.63) is 55.2 Å². The summed E-state index contributed by atoms with van der Waals surface area (Å²) in [7, 11) is -4.14. The van der Waals surface area contributed by atoms with Gasteiger partial charge >= 0.3 is 0 Å². The van der Waals surface area contributed by atoms with Gasteiger partial charge in [-0.1, -0.05) is 0 Å². The van der Waals surface area contributed by atoms with E-state index in [1.807, 2.05) is 11.0 Å². The lowest BCUT2D eigenvalue weighted by Gasteiger charge is -2.34. The average Bonchev–Trinajstić information content (AvgIpc) is 3.21. The molecule has 1 saturated heterocycles. The molecular formula is C18H20N6O6S. The third-order valence-corrected chi connectivity index (χ3v) is 7.60. The van der Waals surface area contributed by atoms with Gasteiger partial charge < -0.3 is 4.90 Å². The van der Waals surface area contributed by atoms with Crippen LogP contribution in [0, 0.1) is 27.2 Å². The van der Waals surface area contributed by atoms with Crippen LogP contribution in [0.25, 0.3) is 0 Å². The lowest BCUT2D eigenvalue weighted by atomic mass is 10.1. The van der Waals surface area contributed by atoms with Gasteiger partial charge in [-0.15, -0.1) is 5.10 Å². The minimum Gasteiger partial charge on any atom is -0.352 e. The maximum absolute atomic E-state index is 13.1. The zero-order valence-corrected chi connectivity index (χ0v) is 17.5. The van der Waals surface area contributed by atoms with E-state index in [0.717, 1.165) is 37.1 Å². The molecule has 13 heteroatoms. The molecule has 1 aromatic carbocycles. The predicted octanol–water partition coefficient (Wildman–Crippen LogP) is 1.60. The first kappa shape index (κ1) is 21.1. The minimum absolute atomic E-state index is 0.122. The summed E-state index contributed by atoms with van der Waals surface area (Å²) in [4.78, 5) is 22.4. The number of nitro groups is 2. The van der Waals surface area contributed by atoms with Crippen LogP contribution < -0.4 is 4.90 Å². The number of nitrogens with zero attached hydrogens (tertiary/aromatic N) is 6. The first-order valence-electron chi connectivity index (χ1n) is 9.72. The summed E-state index contributed by atoms with van der Waals surface area (Å²) < 4.78 is 27.3. The summed E-state index contributed by atoms with van der Waals surface area (Å²) in [5, 5.41) is 31.1. The number of benzene rings is 1. The Bertz CT molecular complexity index is 1140. The quantitative estimate of drug-likeness (QED) is 0.490. The lowest BCUT2D eigenvalue weighted by molar-refractivity contribution is -0.395. The van der Waals surface area contributed by atoms with Gasteiger partial charge in [0.25, 0.3) is 11.4 Å². The first-order valence-corrected chi connectivity index (χ1v) is 11.2. The second kappa shape index (κ2) is 7.81. The highest BCUT2D eigenvalue weighted by Gasteiger charge is 2.34. The fraction of sp³-hybridized carbons (Fsp3) is 0.444. The Balaban J connectivity index is 1.57. The van der Waals surface area contributed by atoms with Crippen LogP contribution in [0.1, 0.15) is 23.2 Å². The second-order valence-electron chi connectivity index (χ2n) is 7.52. The molecule has 0 radical (unpaired) electrons. The van der Waals surface area contributed by atoms with Crippen molar-refractivity contribution in [2.45, 2.75) is 31.1 Å². The number of hydrogen-bond donors (Lipinski definition) is 0. The Morgan fingerprint density at radius 2 is 1.55 bits per heavy atom. The zero-order chi connectivity index (χ0) is 22.3. The summed E-state index contributed by atoms with van der Waals surface area (Å²) in [6, 6.07) is 3.76. The molecule has 0 N–H and O–H groups in total. The van der Waals surface area contributed by atoms with Gasteiger partial charge in [-0.25, -0.2) is 8.42 Å². The summed E-state index contributed by atoms with van der Waals surface area (Å²) in [5.74, 6) is 0.694. The second-order valence-corrected chi connectivity index (χ2v) is 9.46. The molecule has 0 amide bonds. The maximum atomic E-state index is 13.1. The monoisotopic (exact) mass is 448 g/mol. The van der Waals surface area contributed by atoms with E-state index in [1.54, 1.807) is 0 Å². The Hall–Kier alpha value is -3.19. The van der Waals surface area contributed by atoms with Gasteiger partial charge in [-0.05, 0) is 37.8 Å². The van der Waals surface area contributed by atoms with E-state index in [4.69, 9.17) is 0 Å². The maximum Gasteiger partial charge on any atom is 0.280 e. The molecule has 1 aliphatic heterocycles. The molecule has 2 aromatic rings. The molecule has 0 unspecified atom stereocenters. The van der Waals surface area contributed by atoms with Crippen LogP contribution in [-0.2, 0) is 22.9 Å². The highest BCUT2D eigenvalue weighted by molar-refractivity contribution is 7.89. The van der Waals surface area contributed by atoms with E-state index < -0.39 is 36.1 Å². The van der Waals surface area contributed by atoms with Gasteiger partial charge in [-0.3, -0.25) is 20.2 Å². The van der Waals surface area contributed by atoms with Crippen LogP contribution in [0.15, 0.2) is 23.1 Å². The standard InChI is InChI=1S/C18H20N6O6S/c1-12-16(23(25)26)10-14(11-17(12)24(27)28)31(29,30)22-7-5-21(6-8-22)18-9-13-3-2-4-15(13)19-20-18/h9-11H,2-8H2,1H3. The van der Waals surface area contributed by atoms with Gasteiger partial charge in [0, 0.05) is 38.3 Å². The number of anilines is 1. The number of nitro benzene ring substituents is 2. The molecule has 164 valence electrons. The molecule has 4 rings (SSSR count). The van der Waals surface area contributed by atoms with Crippen molar-refractivity contribution in [2.24, 2.45) is 0 Å². The number of aromatic nitrogens is 2. The smallest absolute Gasteiger partial charge is 0.280 e. The van der Waals surface area contributed by atoms with Crippen LogP contribution in [-0.4, -0.2) is 58.9 Å². The van der Waals surface area contributed by atoms with Crippen molar-refractivity contribution < 1.29 is 18.3 Å². The highest BCUT2D eigenvalue weighted by atomic mass is 32.2. The average molecular weight is 448 g/mol. The molecule has 1 aliphatic carbocycles. The van der Waals surface area contributed by atoms with E-state index >= 15 is 0 Å². The van der Waals surface area contributed by atoms with Crippen LogP contribution in [0.2, 0.25) is 0 Å². The van der Waals surface area contributed by atoms with Crippen molar-refractivity contribution >= 4 is 27.2 Å². The number of sulfonamides is 1. The van der Waals surface area contributed by atoms with Gasteiger partial charge in [0.15, 0.2) is 5.82 Å². The molecule has 0 atom stereocenters. The molecule has 2 heterocycles. The summed E-state index contributed by atoms with van der Waals surface area (Å²) in [5.41, 5.74) is 0.792. The van der Waals surface area contributed by atoms with E-state index in [1.165, 1.54) is 16.8 Å². The largest absolute Gasteiger partial charge is 0.352 e. The molecule has 0 bridgehead atoms. The van der Waals surface area contributed by atoms with Crippen molar-refractivity contribution in [1.29, 1.82) is 0 Å². The SMILES string of the molecule is Cc1c([N+](=O)[O-])cc(S(=O)(=O)N2CCN(c3cc4c(nn3)CCC4)CC2)cc1[N+](=O)[O-]. The van der Waals surface area contributed by atoms with E-state index in [-0.39, 0.29) is 18.7 Å². The number of aryl methyl sites for hydroxylation is 2. The van der Waals surface area contributed by atoms with Crippen LogP contribution >= 0.6 is 0 Å². The highest BCUT2D eigenvalue weighted by Crippen LogP contribution is 2.33. The fourth-order valence-electron chi connectivity index (χ4n) is 3.97. The summed E-state index contributed by atoms with van der Waals surface area (Å²) in [6.07, 6.45) is 2.93. The van der Waals surface area contributed by atoms with Crippen LogP contribution in [0.3, 0.4) is 0 Å². The third kappa shape index (κ3) is 3.81. The number of fused-ring (bicyclic) bond motifs is 1. The molecule has 2 aliphatic rings. The molecule has 0 spiro atoms. The van der Waals surface area contributed by atoms with Crippen molar-refractivity contribution in [1.82, 2.24) is 14.5 Å². The molecule has 31 heavy (non-hydrogen) atoms. The van der Waals surface area contributed by atoms with Gasteiger partial charge in [-0.2, -0.15) is 9.40 Å². The zero-order valence-electron chi connectivity index (χ0n) is 16.7. The van der Waals surface area contributed by atoms with Crippen molar-refractivity contribution in [3.63, 3.8) is 0 Å². The predicted molar refractivity (Wildman–Crippen MR) is 110 cm³/mol. The lowest BCUT2D eigenvalue weighted by Crippen LogP contribution is -2.49. The minimum atomic E-state index is -4.14. The van der Waals surface area contributed by atoms with Crippen molar-refractivity contribution in [2.75, 3.05) is 31.1 Å². The summed E-state index contributed by atoms with van der Waals surface area (Å²) >= 11 is 0. The van der Waals surface area contributed by atoms with Crippen molar-refractivity contribution in [3.8, 4) is 0 Å². The molecule has 1 fully saturated rings. The Morgan fingerprint density at radius 1 is 0.935 bits per heavy atom. The number of hydrogen-bond acceptors (Lipinski definition) is 9. The molecule has 12 nitrogen and oxygen atoms in total. The van der Waals surface area contributed by atoms with Crippen LogP contribution in [0.5, 0.6) is 0 Å². The summed E-state index contributed by atoms with van der Waals surface area (Å²) in [6.45, 7) is 2.20.